The molecular weight excluding hydrogens is 382 g/mol. The van der Waals surface area contributed by atoms with Crippen LogP contribution in [0.4, 0.5) is 0 Å². The number of esters is 1. The van der Waals surface area contributed by atoms with Crippen LogP contribution in [-0.4, -0.2) is 29.0 Å². The van der Waals surface area contributed by atoms with Gasteiger partial charge in [-0.15, -0.1) is 22.7 Å². The molecule has 0 aliphatic carbocycles. The van der Waals surface area contributed by atoms with Crippen molar-refractivity contribution in [3.05, 3.63) is 44.3 Å². The number of hydrogen-bond acceptors (Lipinski definition) is 7. The summed E-state index contributed by atoms with van der Waals surface area (Å²) in [5.74, 6) is 0.196. The fourth-order valence-electron chi connectivity index (χ4n) is 2.96. The van der Waals surface area contributed by atoms with Gasteiger partial charge in [0.25, 0.3) is 5.91 Å². The fourth-order valence-corrected chi connectivity index (χ4v) is 4.89. The Kier molecular flexibility index (Phi) is 5.86. The van der Waals surface area contributed by atoms with Crippen molar-refractivity contribution in [3.8, 4) is 0 Å². The average Bonchev–Trinajstić information content (AvgIpc) is 3.29. The molecule has 1 atom stereocenters. The van der Waals surface area contributed by atoms with E-state index in [1.165, 1.54) is 29.8 Å². The zero-order valence-corrected chi connectivity index (χ0v) is 17.3. The number of rotatable bonds is 6. The number of carbonyl (C=O) groups excluding carboxylic acids is 2. The van der Waals surface area contributed by atoms with E-state index in [0.717, 1.165) is 38.6 Å². The number of thiophene rings is 2. The summed E-state index contributed by atoms with van der Waals surface area (Å²) in [6.45, 7) is 5.86. The Morgan fingerprint density at radius 2 is 2.07 bits per heavy atom. The first kappa shape index (κ1) is 19.4. The summed E-state index contributed by atoms with van der Waals surface area (Å²) >= 11 is 2.86. The van der Waals surface area contributed by atoms with Crippen LogP contribution in [0.25, 0.3) is 10.2 Å². The quantitative estimate of drug-likeness (QED) is 0.630. The predicted octanol–water partition coefficient (Wildman–Crippen LogP) is 3.97. The standard InChI is InChI=1S/C19H21N3O3S2/c1-5-14-20-11(3)16-10(2)17(27-19(16)22-14)18(24)21-12(9-15(23)25-4)13-7-6-8-26-13/h6-8,12H,5,9H2,1-4H3,(H,21,24). The highest BCUT2D eigenvalue weighted by atomic mass is 32.1. The highest BCUT2D eigenvalue weighted by Gasteiger charge is 2.24. The van der Waals surface area contributed by atoms with Crippen molar-refractivity contribution in [3.63, 3.8) is 0 Å². The Bertz CT molecular complexity index is 980. The molecule has 142 valence electrons. The lowest BCUT2D eigenvalue weighted by Gasteiger charge is -2.16. The molecule has 1 unspecified atom stereocenters. The van der Waals surface area contributed by atoms with E-state index in [4.69, 9.17) is 4.74 Å². The zero-order chi connectivity index (χ0) is 19.6. The lowest BCUT2D eigenvalue weighted by Crippen LogP contribution is -2.29. The van der Waals surface area contributed by atoms with Crippen molar-refractivity contribution < 1.29 is 14.3 Å². The van der Waals surface area contributed by atoms with Gasteiger partial charge in [0.05, 0.1) is 24.4 Å². The predicted molar refractivity (Wildman–Crippen MR) is 107 cm³/mol. The van der Waals surface area contributed by atoms with Crippen LogP contribution in [-0.2, 0) is 16.0 Å². The molecule has 0 radical (unpaired) electrons. The van der Waals surface area contributed by atoms with Crippen LogP contribution in [0.1, 0.15) is 51.0 Å². The Labute approximate surface area is 165 Å². The molecule has 1 amide bonds. The molecule has 0 aliphatic rings. The number of fused-ring (bicyclic) bond motifs is 1. The van der Waals surface area contributed by atoms with Gasteiger partial charge in [0.2, 0.25) is 0 Å². The number of aromatic nitrogens is 2. The summed E-state index contributed by atoms with van der Waals surface area (Å²) in [6.07, 6.45) is 0.834. The van der Waals surface area contributed by atoms with Gasteiger partial charge < -0.3 is 10.1 Å². The largest absolute Gasteiger partial charge is 0.469 e. The van der Waals surface area contributed by atoms with Crippen LogP contribution >= 0.6 is 22.7 Å². The van der Waals surface area contributed by atoms with Crippen molar-refractivity contribution in [1.29, 1.82) is 0 Å². The summed E-state index contributed by atoms with van der Waals surface area (Å²) < 4.78 is 4.78. The topological polar surface area (TPSA) is 81.2 Å². The molecule has 0 saturated carbocycles. The van der Waals surface area contributed by atoms with Gasteiger partial charge >= 0.3 is 5.97 Å². The smallest absolute Gasteiger partial charge is 0.307 e. The molecule has 27 heavy (non-hydrogen) atoms. The van der Waals surface area contributed by atoms with E-state index in [-0.39, 0.29) is 18.3 Å². The summed E-state index contributed by atoms with van der Waals surface area (Å²) in [7, 11) is 1.35. The molecule has 0 bridgehead atoms. The minimum absolute atomic E-state index is 0.0888. The third kappa shape index (κ3) is 4.01. The average molecular weight is 404 g/mol. The fraction of sp³-hybridized carbons (Fsp3) is 0.368. The lowest BCUT2D eigenvalue weighted by molar-refractivity contribution is -0.141. The monoisotopic (exact) mass is 403 g/mol. The number of aryl methyl sites for hydroxylation is 3. The molecule has 0 saturated heterocycles. The van der Waals surface area contributed by atoms with Gasteiger partial charge in [0.1, 0.15) is 10.7 Å². The first-order chi connectivity index (χ1) is 12.9. The molecule has 3 rings (SSSR count). The molecule has 0 fully saturated rings. The van der Waals surface area contributed by atoms with Gasteiger partial charge in [-0.2, -0.15) is 0 Å². The Hall–Kier alpha value is -2.32. The maximum absolute atomic E-state index is 13.0. The summed E-state index contributed by atoms with van der Waals surface area (Å²) in [6, 6.07) is 3.37. The van der Waals surface area contributed by atoms with Gasteiger partial charge in [-0.25, -0.2) is 9.97 Å². The lowest BCUT2D eigenvalue weighted by atomic mass is 10.1. The van der Waals surface area contributed by atoms with E-state index in [1.54, 1.807) is 0 Å². The Morgan fingerprint density at radius 1 is 1.30 bits per heavy atom. The van der Waals surface area contributed by atoms with Crippen molar-refractivity contribution in [2.75, 3.05) is 7.11 Å². The molecule has 6 nitrogen and oxygen atoms in total. The molecule has 8 heteroatoms. The van der Waals surface area contributed by atoms with Crippen molar-refractivity contribution in [2.24, 2.45) is 0 Å². The molecule has 0 aromatic carbocycles. The maximum atomic E-state index is 13.0. The van der Waals surface area contributed by atoms with Gasteiger partial charge in [-0.1, -0.05) is 13.0 Å². The van der Waals surface area contributed by atoms with Crippen LogP contribution in [0.3, 0.4) is 0 Å². The molecule has 3 heterocycles. The first-order valence-corrected chi connectivity index (χ1v) is 10.3. The van der Waals surface area contributed by atoms with Gasteiger partial charge in [-0.05, 0) is 30.9 Å². The third-order valence-corrected chi connectivity index (χ3v) is 6.50. The number of hydrogen-bond donors (Lipinski definition) is 1. The second-order valence-electron chi connectivity index (χ2n) is 6.14. The number of nitrogens with one attached hydrogen (secondary N) is 1. The molecule has 3 aromatic heterocycles. The molecular formula is C19H21N3O3S2. The maximum Gasteiger partial charge on any atom is 0.307 e. The highest BCUT2D eigenvalue weighted by Crippen LogP contribution is 2.32. The molecule has 0 aliphatic heterocycles. The van der Waals surface area contributed by atoms with Crippen molar-refractivity contribution in [1.82, 2.24) is 15.3 Å². The minimum Gasteiger partial charge on any atom is -0.469 e. The van der Waals surface area contributed by atoms with Gasteiger partial charge in [-0.3, -0.25) is 9.59 Å². The van der Waals surface area contributed by atoms with Crippen LogP contribution in [0, 0.1) is 13.8 Å². The van der Waals surface area contributed by atoms with Crippen LogP contribution in [0.2, 0.25) is 0 Å². The summed E-state index contributed by atoms with van der Waals surface area (Å²) in [5, 5.41) is 5.84. The van der Waals surface area contributed by atoms with Crippen molar-refractivity contribution >= 4 is 44.8 Å². The SMILES string of the molecule is CCc1nc(C)c2c(C)c(C(=O)NC(CC(=O)OC)c3cccs3)sc2n1. The third-order valence-electron chi connectivity index (χ3n) is 4.33. The van der Waals surface area contributed by atoms with E-state index in [9.17, 15) is 9.59 Å². The zero-order valence-electron chi connectivity index (χ0n) is 15.7. The Balaban J connectivity index is 1.93. The van der Waals surface area contributed by atoms with E-state index in [0.29, 0.717) is 4.88 Å². The normalized spacial score (nSPS) is 12.1. The number of ether oxygens (including phenoxy) is 1. The van der Waals surface area contributed by atoms with Crippen LogP contribution in [0.15, 0.2) is 17.5 Å². The summed E-state index contributed by atoms with van der Waals surface area (Å²) in [5.41, 5.74) is 1.75. The number of nitrogens with zero attached hydrogens (tertiary/aromatic N) is 2. The van der Waals surface area contributed by atoms with E-state index < -0.39 is 6.04 Å². The second kappa shape index (κ2) is 8.14. The molecule has 0 spiro atoms. The number of carbonyl (C=O) groups is 2. The first-order valence-electron chi connectivity index (χ1n) is 8.62. The number of amides is 1. The van der Waals surface area contributed by atoms with Crippen molar-refractivity contribution in [2.45, 2.75) is 39.7 Å². The van der Waals surface area contributed by atoms with E-state index >= 15 is 0 Å². The number of methoxy groups -OCH3 is 1. The van der Waals surface area contributed by atoms with Gasteiger partial charge in [0, 0.05) is 22.4 Å². The highest BCUT2D eigenvalue weighted by molar-refractivity contribution is 7.20. The molecule has 1 N–H and O–H groups in total. The molecule has 3 aromatic rings. The Morgan fingerprint density at radius 3 is 2.70 bits per heavy atom. The minimum atomic E-state index is -0.423. The van der Waals surface area contributed by atoms with E-state index in [1.807, 2.05) is 38.3 Å². The van der Waals surface area contributed by atoms with Crippen LogP contribution in [0.5, 0.6) is 0 Å². The van der Waals surface area contributed by atoms with Gasteiger partial charge in [0.15, 0.2) is 0 Å². The summed E-state index contributed by atoms with van der Waals surface area (Å²) in [4.78, 5) is 36.2. The van der Waals surface area contributed by atoms with E-state index in [2.05, 4.69) is 15.3 Å². The second-order valence-corrected chi connectivity index (χ2v) is 8.12. The van der Waals surface area contributed by atoms with Crippen LogP contribution < -0.4 is 5.32 Å².